The number of anilines is 1. The van der Waals surface area contributed by atoms with E-state index in [9.17, 15) is 17.6 Å². The number of carbonyl (C=O) groups excluding carboxylic acids is 1. The number of nitrogens with zero attached hydrogens (tertiary/aromatic N) is 2. The number of piperidine rings is 1. The summed E-state index contributed by atoms with van der Waals surface area (Å²) in [4.78, 5) is 14.4. The van der Waals surface area contributed by atoms with Crippen molar-refractivity contribution in [2.75, 3.05) is 23.7 Å². The minimum atomic E-state index is -4.22. The monoisotopic (exact) mass is 623 g/mol. The first-order valence-electron chi connectivity index (χ1n) is 13.4. The fourth-order valence-corrected chi connectivity index (χ4v) is 6.86. The summed E-state index contributed by atoms with van der Waals surface area (Å²) in [7, 11) is -4.22. The number of benzene rings is 2. The summed E-state index contributed by atoms with van der Waals surface area (Å²) < 4.78 is 57.5. The van der Waals surface area contributed by atoms with Gasteiger partial charge in [-0.25, -0.2) is 4.39 Å². The molecular formula is C28H28Cl2FN3O6S. The van der Waals surface area contributed by atoms with Crippen LogP contribution >= 0.6 is 23.2 Å². The maximum absolute atomic E-state index is 14.8. The summed E-state index contributed by atoms with van der Waals surface area (Å²) in [6, 6.07) is 9.91. The summed E-state index contributed by atoms with van der Waals surface area (Å²) in [5.74, 6) is -0.679. The Morgan fingerprint density at radius 1 is 1.20 bits per heavy atom. The summed E-state index contributed by atoms with van der Waals surface area (Å²) in [6.07, 6.45) is 3.79. The van der Waals surface area contributed by atoms with Gasteiger partial charge in [0.1, 0.15) is 17.3 Å². The molecule has 1 aromatic heterocycles. The first-order chi connectivity index (χ1) is 19.6. The van der Waals surface area contributed by atoms with Crippen LogP contribution in [0.2, 0.25) is 10.0 Å². The Morgan fingerprint density at radius 3 is 2.59 bits per heavy atom. The summed E-state index contributed by atoms with van der Waals surface area (Å²) in [6.45, 7) is 0.702. The molecule has 3 atom stereocenters. The van der Waals surface area contributed by atoms with Gasteiger partial charge in [-0.3, -0.25) is 9.35 Å². The third-order valence-electron chi connectivity index (χ3n) is 8.06. The van der Waals surface area contributed by atoms with Crippen LogP contribution in [-0.2, 0) is 21.5 Å². The van der Waals surface area contributed by atoms with Crippen LogP contribution in [0.1, 0.15) is 53.3 Å². The highest BCUT2D eigenvalue weighted by atomic mass is 35.5. The van der Waals surface area contributed by atoms with Gasteiger partial charge in [-0.15, -0.1) is 0 Å². The first kappa shape index (κ1) is 28.4. The first-order valence-corrected chi connectivity index (χ1v) is 15.8. The lowest BCUT2D eigenvalue weighted by molar-refractivity contribution is 0.0122. The van der Waals surface area contributed by atoms with E-state index in [-0.39, 0.29) is 30.2 Å². The van der Waals surface area contributed by atoms with Crippen LogP contribution in [0.5, 0.6) is 0 Å². The van der Waals surface area contributed by atoms with Gasteiger partial charge in [0.05, 0.1) is 34.1 Å². The zero-order valence-electron chi connectivity index (χ0n) is 21.9. The third kappa shape index (κ3) is 5.96. The number of hydrogen-bond donors (Lipinski definition) is 2. The lowest BCUT2D eigenvalue weighted by Crippen LogP contribution is -2.38. The van der Waals surface area contributed by atoms with Crippen LogP contribution in [0.4, 0.5) is 10.1 Å². The van der Waals surface area contributed by atoms with Crippen molar-refractivity contribution >= 4 is 44.9 Å². The van der Waals surface area contributed by atoms with E-state index in [0.717, 1.165) is 37.0 Å². The largest absolute Gasteiger partial charge is 0.373 e. The average Bonchev–Trinajstić information content (AvgIpc) is 3.36. The van der Waals surface area contributed by atoms with Gasteiger partial charge in [0.25, 0.3) is 16.0 Å². The Bertz CT molecular complexity index is 1580. The average molecular weight is 625 g/mol. The van der Waals surface area contributed by atoms with E-state index in [1.54, 1.807) is 24.3 Å². The number of ether oxygens (including phenoxy) is 1. The Morgan fingerprint density at radius 2 is 1.95 bits per heavy atom. The standard InChI is InChI=1S/C28H28Cl2FN3O6S/c29-21-2-1-3-22(30)25(21)26-20(27(40-33-26)15-4-5-15)14-39-24-12-18-10-16(24)13-34(18)17-6-7-19(23(31)11-17)28(35)32-8-9-41(36,37)38/h1-3,6-7,11,15-16,18,24H,4-5,8-10,12-14H2,(H,32,35)(H,36,37,38)/t16-,18+,24+/m0/s1. The van der Waals surface area contributed by atoms with Gasteiger partial charge in [0.15, 0.2) is 0 Å². The molecule has 13 heteroatoms. The number of nitrogens with one attached hydrogen (secondary N) is 1. The van der Waals surface area contributed by atoms with Crippen molar-refractivity contribution in [3.8, 4) is 11.3 Å². The molecule has 1 amide bonds. The molecule has 3 aromatic rings. The van der Waals surface area contributed by atoms with E-state index in [1.165, 1.54) is 12.1 Å². The molecule has 2 aliphatic carbocycles. The molecule has 0 unspecified atom stereocenters. The minimum absolute atomic E-state index is 0.0190. The maximum atomic E-state index is 14.8. The number of hydrogen-bond acceptors (Lipinski definition) is 7. The molecule has 0 radical (unpaired) electrons. The Labute approximate surface area is 246 Å². The normalized spacial score (nSPS) is 22.0. The smallest absolute Gasteiger partial charge is 0.266 e. The number of carbonyl (C=O) groups is 1. The van der Waals surface area contributed by atoms with Gasteiger partial charge in [-0.1, -0.05) is 34.4 Å². The zero-order chi connectivity index (χ0) is 28.9. The second-order valence-corrected chi connectivity index (χ2v) is 13.2. The van der Waals surface area contributed by atoms with Crippen LogP contribution in [0.25, 0.3) is 11.3 Å². The number of aromatic nitrogens is 1. The van der Waals surface area contributed by atoms with Crippen molar-refractivity contribution in [3.63, 3.8) is 0 Å². The molecule has 0 spiro atoms. The van der Waals surface area contributed by atoms with Gasteiger partial charge in [-0.05, 0) is 56.0 Å². The molecule has 2 aromatic carbocycles. The molecule has 1 aliphatic heterocycles. The lowest BCUT2D eigenvalue weighted by Gasteiger charge is -2.33. The second-order valence-electron chi connectivity index (χ2n) is 10.8. The topological polar surface area (TPSA) is 122 Å². The van der Waals surface area contributed by atoms with Gasteiger partial charge in [-0.2, -0.15) is 8.42 Å². The molecule has 218 valence electrons. The quantitative estimate of drug-likeness (QED) is 0.285. The number of halogens is 3. The summed E-state index contributed by atoms with van der Waals surface area (Å²) in [5, 5.41) is 7.64. The van der Waals surface area contributed by atoms with Crippen molar-refractivity contribution in [1.82, 2.24) is 10.5 Å². The molecule has 3 fully saturated rings. The SMILES string of the molecule is O=C(NCCS(=O)(=O)O)c1ccc(N2C[C@@H]3C[C@@H]2C[C@H]3OCc2c(-c3c(Cl)cccc3Cl)noc2C2CC2)cc1F. The van der Waals surface area contributed by atoms with E-state index in [4.69, 9.17) is 37.0 Å². The van der Waals surface area contributed by atoms with Crippen LogP contribution in [-0.4, -0.2) is 55.0 Å². The fourth-order valence-electron chi connectivity index (χ4n) is 5.92. The highest BCUT2D eigenvalue weighted by molar-refractivity contribution is 7.85. The molecule has 2 saturated carbocycles. The molecule has 2 heterocycles. The highest BCUT2D eigenvalue weighted by Crippen LogP contribution is 2.47. The van der Waals surface area contributed by atoms with Crippen molar-refractivity contribution in [3.05, 3.63) is 69.1 Å². The Hall–Kier alpha value is -2.70. The van der Waals surface area contributed by atoms with Crippen LogP contribution in [0, 0.1) is 11.7 Å². The molecule has 6 rings (SSSR count). The zero-order valence-corrected chi connectivity index (χ0v) is 24.2. The molecule has 3 aliphatic rings. The van der Waals surface area contributed by atoms with Gasteiger partial charge >= 0.3 is 0 Å². The van der Waals surface area contributed by atoms with Crippen LogP contribution in [0.3, 0.4) is 0 Å². The van der Waals surface area contributed by atoms with Gasteiger partial charge in [0, 0.05) is 47.8 Å². The fraction of sp³-hybridized carbons (Fsp3) is 0.429. The summed E-state index contributed by atoms with van der Waals surface area (Å²) in [5.41, 5.74) is 2.62. The summed E-state index contributed by atoms with van der Waals surface area (Å²) >= 11 is 13.0. The van der Waals surface area contributed by atoms with Crippen LogP contribution < -0.4 is 10.2 Å². The van der Waals surface area contributed by atoms with E-state index in [2.05, 4.69) is 15.4 Å². The van der Waals surface area contributed by atoms with Crippen molar-refractivity contribution in [2.24, 2.45) is 5.92 Å². The van der Waals surface area contributed by atoms with Gasteiger partial charge in [0.2, 0.25) is 0 Å². The molecule has 2 N–H and O–H groups in total. The number of amides is 1. The third-order valence-corrected chi connectivity index (χ3v) is 9.41. The molecule has 41 heavy (non-hydrogen) atoms. The van der Waals surface area contributed by atoms with Crippen LogP contribution in [0.15, 0.2) is 40.9 Å². The van der Waals surface area contributed by atoms with Crippen molar-refractivity contribution in [1.29, 1.82) is 0 Å². The predicted octanol–water partition coefficient (Wildman–Crippen LogP) is 5.47. The second kappa shape index (κ2) is 11.2. The van der Waals surface area contributed by atoms with Crippen molar-refractivity contribution in [2.45, 2.75) is 50.4 Å². The Balaban J connectivity index is 1.10. The van der Waals surface area contributed by atoms with E-state index in [1.807, 2.05) is 0 Å². The maximum Gasteiger partial charge on any atom is 0.266 e. The highest BCUT2D eigenvalue weighted by Gasteiger charge is 2.46. The van der Waals surface area contributed by atoms with E-state index in [0.29, 0.717) is 46.1 Å². The molecule has 2 bridgehead atoms. The van der Waals surface area contributed by atoms with Crippen molar-refractivity contribution < 1.29 is 31.4 Å². The number of fused-ring (bicyclic) bond motifs is 2. The molecular weight excluding hydrogens is 596 g/mol. The van der Waals surface area contributed by atoms with E-state index < -0.39 is 27.6 Å². The predicted molar refractivity (Wildman–Crippen MR) is 152 cm³/mol. The molecule has 1 saturated heterocycles. The minimum Gasteiger partial charge on any atom is -0.373 e. The number of rotatable bonds is 10. The van der Waals surface area contributed by atoms with E-state index >= 15 is 0 Å². The Kier molecular flexibility index (Phi) is 7.75. The lowest BCUT2D eigenvalue weighted by atomic mass is 10.0. The molecule has 9 nitrogen and oxygen atoms in total. The van der Waals surface area contributed by atoms with Gasteiger partial charge < -0.3 is 19.5 Å².